The number of nitrogens with one attached hydrogen (secondary N) is 2. The second-order valence-electron chi connectivity index (χ2n) is 4.29. The van der Waals surface area contributed by atoms with Crippen LogP contribution >= 0.6 is 0 Å². The Morgan fingerprint density at radius 3 is 2.71 bits per heavy atom. The van der Waals surface area contributed by atoms with Crippen molar-refractivity contribution in [2.24, 2.45) is 0 Å². The molecule has 2 atom stereocenters. The van der Waals surface area contributed by atoms with Crippen LogP contribution in [0.25, 0.3) is 0 Å². The van der Waals surface area contributed by atoms with Crippen molar-refractivity contribution in [3.05, 3.63) is 24.5 Å². The molecule has 5 nitrogen and oxygen atoms in total. The summed E-state index contributed by atoms with van der Waals surface area (Å²) in [6, 6.07) is 3.03. The predicted molar refractivity (Wildman–Crippen MR) is 64.7 cm³/mol. The molecular formula is C12H17N3O2. The molecule has 17 heavy (non-hydrogen) atoms. The summed E-state index contributed by atoms with van der Waals surface area (Å²) in [7, 11) is 0. The fourth-order valence-electron chi connectivity index (χ4n) is 2.05. The number of aliphatic hydroxyl groups excluding tert-OH is 1. The zero-order chi connectivity index (χ0) is 12.1. The Kier molecular flexibility index (Phi) is 3.93. The first-order valence-electron chi connectivity index (χ1n) is 5.91. The van der Waals surface area contributed by atoms with E-state index in [4.69, 9.17) is 0 Å². The molecule has 0 saturated heterocycles. The topological polar surface area (TPSA) is 74.2 Å². The van der Waals surface area contributed by atoms with Crippen molar-refractivity contribution in [3.8, 4) is 0 Å². The van der Waals surface area contributed by atoms with Crippen LogP contribution in [-0.2, 0) is 0 Å². The number of anilines is 1. The number of pyridine rings is 1. The predicted octanol–water partition coefficient (Wildman–Crippen LogP) is 1.51. The number of hydrogen-bond acceptors (Lipinski definition) is 3. The van der Waals surface area contributed by atoms with Gasteiger partial charge in [0.05, 0.1) is 12.1 Å². The van der Waals surface area contributed by atoms with Crippen LogP contribution in [0.15, 0.2) is 24.5 Å². The summed E-state index contributed by atoms with van der Waals surface area (Å²) in [5.74, 6) is 0. The van der Waals surface area contributed by atoms with E-state index in [-0.39, 0.29) is 12.1 Å². The molecule has 1 heterocycles. The van der Waals surface area contributed by atoms with Crippen LogP contribution in [0.4, 0.5) is 10.5 Å². The highest BCUT2D eigenvalue weighted by Gasteiger charge is 2.24. The second-order valence-corrected chi connectivity index (χ2v) is 4.29. The smallest absolute Gasteiger partial charge is 0.319 e. The van der Waals surface area contributed by atoms with Gasteiger partial charge < -0.3 is 15.7 Å². The second kappa shape index (κ2) is 5.63. The van der Waals surface area contributed by atoms with Gasteiger partial charge in [0, 0.05) is 18.1 Å². The van der Waals surface area contributed by atoms with Crippen LogP contribution in [-0.4, -0.2) is 28.3 Å². The van der Waals surface area contributed by atoms with Crippen molar-refractivity contribution < 1.29 is 9.90 Å². The third kappa shape index (κ3) is 3.42. The quantitative estimate of drug-likeness (QED) is 0.727. The van der Waals surface area contributed by atoms with Crippen molar-refractivity contribution in [1.29, 1.82) is 0 Å². The van der Waals surface area contributed by atoms with E-state index in [1.807, 2.05) is 0 Å². The lowest BCUT2D eigenvalue weighted by molar-refractivity contribution is 0.0955. The van der Waals surface area contributed by atoms with Crippen LogP contribution in [0, 0.1) is 0 Å². The standard InChI is InChI=1S/C12H17N3O2/c16-11-4-2-1-3-10(11)15-12(17)14-9-5-7-13-8-6-9/h5-8,10-11,16H,1-4H2,(H2,13,14,15,17). The van der Waals surface area contributed by atoms with Gasteiger partial charge >= 0.3 is 6.03 Å². The van der Waals surface area contributed by atoms with Gasteiger partial charge in [-0.3, -0.25) is 4.98 Å². The summed E-state index contributed by atoms with van der Waals surface area (Å²) in [6.07, 6.45) is 6.50. The highest BCUT2D eigenvalue weighted by Crippen LogP contribution is 2.18. The summed E-state index contributed by atoms with van der Waals surface area (Å²) in [4.78, 5) is 15.5. The van der Waals surface area contributed by atoms with E-state index in [2.05, 4.69) is 15.6 Å². The monoisotopic (exact) mass is 235 g/mol. The maximum absolute atomic E-state index is 11.7. The molecule has 2 amide bonds. The van der Waals surface area contributed by atoms with Crippen molar-refractivity contribution in [1.82, 2.24) is 10.3 Å². The SMILES string of the molecule is O=C(Nc1ccncc1)NC1CCCCC1O. The van der Waals surface area contributed by atoms with E-state index in [1.54, 1.807) is 24.5 Å². The number of aliphatic hydroxyl groups is 1. The van der Waals surface area contributed by atoms with Gasteiger partial charge in [-0.05, 0) is 25.0 Å². The van der Waals surface area contributed by atoms with Gasteiger partial charge in [0.1, 0.15) is 0 Å². The lowest BCUT2D eigenvalue weighted by Crippen LogP contribution is -2.46. The maximum Gasteiger partial charge on any atom is 0.319 e. The number of urea groups is 1. The van der Waals surface area contributed by atoms with E-state index in [9.17, 15) is 9.90 Å². The van der Waals surface area contributed by atoms with Gasteiger partial charge in [0.25, 0.3) is 0 Å². The minimum Gasteiger partial charge on any atom is -0.391 e. The summed E-state index contributed by atoms with van der Waals surface area (Å²) in [5.41, 5.74) is 0.697. The Balaban J connectivity index is 1.84. The molecular weight excluding hydrogens is 218 g/mol. The average Bonchev–Trinajstić information content (AvgIpc) is 2.33. The highest BCUT2D eigenvalue weighted by molar-refractivity contribution is 5.89. The fourth-order valence-corrected chi connectivity index (χ4v) is 2.05. The first kappa shape index (κ1) is 11.9. The molecule has 3 N–H and O–H groups in total. The Bertz CT molecular complexity index is 369. The molecule has 1 aromatic heterocycles. The third-order valence-corrected chi connectivity index (χ3v) is 2.98. The van der Waals surface area contributed by atoms with E-state index in [1.165, 1.54) is 0 Å². The third-order valence-electron chi connectivity index (χ3n) is 2.98. The van der Waals surface area contributed by atoms with Crippen LogP contribution in [0.3, 0.4) is 0 Å². The lowest BCUT2D eigenvalue weighted by Gasteiger charge is -2.28. The van der Waals surface area contributed by atoms with E-state index >= 15 is 0 Å². The maximum atomic E-state index is 11.7. The first-order chi connectivity index (χ1) is 8.25. The zero-order valence-electron chi connectivity index (χ0n) is 9.60. The average molecular weight is 235 g/mol. The molecule has 1 saturated carbocycles. The lowest BCUT2D eigenvalue weighted by atomic mass is 9.93. The number of amides is 2. The summed E-state index contributed by atoms with van der Waals surface area (Å²) < 4.78 is 0. The van der Waals surface area contributed by atoms with Gasteiger partial charge in [-0.2, -0.15) is 0 Å². The van der Waals surface area contributed by atoms with Crippen LogP contribution < -0.4 is 10.6 Å². The summed E-state index contributed by atoms with van der Waals surface area (Å²) in [5, 5.41) is 15.2. The molecule has 1 aliphatic rings. The number of rotatable bonds is 2. The Labute approximate surface area is 100 Å². The van der Waals surface area contributed by atoms with Gasteiger partial charge in [-0.25, -0.2) is 4.79 Å². The van der Waals surface area contributed by atoms with Crippen molar-refractivity contribution in [3.63, 3.8) is 0 Å². The van der Waals surface area contributed by atoms with Crippen LogP contribution in [0.5, 0.6) is 0 Å². The van der Waals surface area contributed by atoms with Gasteiger partial charge in [-0.1, -0.05) is 12.8 Å². The molecule has 0 bridgehead atoms. The Morgan fingerprint density at radius 1 is 1.29 bits per heavy atom. The summed E-state index contributed by atoms with van der Waals surface area (Å²) in [6.45, 7) is 0. The molecule has 1 aliphatic carbocycles. The molecule has 1 aromatic rings. The van der Waals surface area contributed by atoms with Gasteiger partial charge in [-0.15, -0.1) is 0 Å². The zero-order valence-corrected chi connectivity index (χ0v) is 9.60. The Morgan fingerprint density at radius 2 is 2.00 bits per heavy atom. The van der Waals surface area contributed by atoms with E-state index < -0.39 is 6.10 Å². The van der Waals surface area contributed by atoms with E-state index in [0.29, 0.717) is 5.69 Å². The molecule has 5 heteroatoms. The van der Waals surface area contributed by atoms with Crippen molar-refractivity contribution in [2.45, 2.75) is 37.8 Å². The molecule has 92 valence electrons. The van der Waals surface area contributed by atoms with Crippen LogP contribution in [0.2, 0.25) is 0 Å². The highest BCUT2D eigenvalue weighted by atomic mass is 16.3. The normalized spacial score (nSPS) is 24.1. The number of carbonyl (C=O) groups is 1. The van der Waals surface area contributed by atoms with Crippen molar-refractivity contribution >= 4 is 11.7 Å². The number of aromatic nitrogens is 1. The van der Waals surface area contributed by atoms with Gasteiger partial charge in [0.15, 0.2) is 0 Å². The minimum absolute atomic E-state index is 0.134. The molecule has 0 aliphatic heterocycles. The van der Waals surface area contributed by atoms with E-state index in [0.717, 1.165) is 25.7 Å². The van der Waals surface area contributed by atoms with Crippen molar-refractivity contribution in [2.75, 3.05) is 5.32 Å². The van der Waals surface area contributed by atoms with Crippen LogP contribution in [0.1, 0.15) is 25.7 Å². The molecule has 0 spiro atoms. The number of nitrogens with zero attached hydrogens (tertiary/aromatic N) is 1. The molecule has 2 unspecified atom stereocenters. The molecule has 0 aromatic carbocycles. The fraction of sp³-hybridized carbons (Fsp3) is 0.500. The largest absolute Gasteiger partial charge is 0.391 e. The molecule has 0 radical (unpaired) electrons. The first-order valence-corrected chi connectivity index (χ1v) is 5.91. The van der Waals surface area contributed by atoms with Gasteiger partial charge in [0.2, 0.25) is 0 Å². The number of carbonyl (C=O) groups excluding carboxylic acids is 1. The molecule has 1 fully saturated rings. The summed E-state index contributed by atoms with van der Waals surface area (Å²) >= 11 is 0. The minimum atomic E-state index is -0.424. The molecule has 2 rings (SSSR count). The Hall–Kier alpha value is -1.62. The number of hydrogen-bond donors (Lipinski definition) is 3.